The molecule has 0 aliphatic carbocycles. The number of nitrogens with zero attached hydrogens (tertiary/aromatic N) is 1. The van der Waals surface area contributed by atoms with Crippen LogP contribution in [0.1, 0.15) is 38.8 Å². The molecule has 0 radical (unpaired) electrons. The predicted molar refractivity (Wildman–Crippen MR) is 116 cm³/mol. The summed E-state index contributed by atoms with van der Waals surface area (Å²) < 4.78 is 13.2. The van der Waals surface area contributed by atoms with Crippen LogP contribution in [0.5, 0.6) is 0 Å². The highest BCUT2D eigenvalue weighted by Crippen LogP contribution is 2.20. The van der Waals surface area contributed by atoms with Gasteiger partial charge in [-0.2, -0.15) is 0 Å². The minimum absolute atomic E-state index is 0.142. The predicted octanol–water partition coefficient (Wildman–Crippen LogP) is 4.56. The quantitative estimate of drug-likeness (QED) is 0.673. The molecule has 0 aliphatic heterocycles. The maximum Gasteiger partial charge on any atom is 0.242 e. The molecule has 0 bridgehead atoms. The van der Waals surface area contributed by atoms with E-state index >= 15 is 0 Å². The molecule has 0 unspecified atom stereocenters. The average molecular weight is 417 g/mol. The third-order valence-corrected chi connectivity index (χ3v) is 5.31. The van der Waals surface area contributed by atoms with Gasteiger partial charge >= 0.3 is 0 Å². The van der Waals surface area contributed by atoms with Gasteiger partial charge in [0.2, 0.25) is 11.8 Å². The second-order valence-electron chi connectivity index (χ2n) is 8.17. The first-order valence-electron chi connectivity index (χ1n) is 9.60. The Kier molecular flexibility index (Phi) is 7.85. The molecule has 0 fully saturated rings. The zero-order valence-electron chi connectivity index (χ0n) is 17.7. The van der Waals surface area contributed by atoms with E-state index in [1.54, 1.807) is 24.0 Å². The van der Waals surface area contributed by atoms with E-state index in [1.165, 1.54) is 23.9 Å². The molecule has 2 rings (SSSR count). The van der Waals surface area contributed by atoms with Crippen molar-refractivity contribution in [3.05, 3.63) is 65.5 Å². The van der Waals surface area contributed by atoms with E-state index in [0.717, 1.165) is 16.0 Å². The van der Waals surface area contributed by atoms with Gasteiger partial charge in [0.05, 0.1) is 5.75 Å². The van der Waals surface area contributed by atoms with Crippen molar-refractivity contribution in [3.63, 3.8) is 0 Å². The first-order valence-corrected chi connectivity index (χ1v) is 10.6. The third-order valence-electron chi connectivity index (χ3n) is 4.31. The van der Waals surface area contributed by atoms with Crippen LogP contribution in [0.3, 0.4) is 0 Å². The van der Waals surface area contributed by atoms with Crippen LogP contribution >= 0.6 is 11.8 Å². The van der Waals surface area contributed by atoms with E-state index in [1.807, 2.05) is 52.0 Å². The number of nitrogens with one attached hydrogen (secondary N) is 1. The molecule has 2 amide bonds. The van der Waals surface area contributed by atoms with Crippen molar-refractivity contribution >= 4 is 23.6 Å². The Morgan fingerprint density at radius 2 is 1.66 bits per heavy atom. The second kappa shape index (κ2) is 9.92. The van der Waals surface area contributed by atoms with Gasteiger partial charge in [0.1, 0.15) is 11.9 Å². The number of hydrogen-bond donors (Lipinski definition) is 1. The molecule has 2 aromatic carbocycles. The van der Waals surface area contributed by atoms with Crippen molar-refractivity contribution in [2.24, 2.45) is 0 Å². The zero-order valence-corrected chi connectivity index (χ0v) is 18.5. The molecule has 1 atom stereocenters. The Morgan fingerprint density at radius 1 is 1.07 bits per heavy atom. The lowest BCUT2D eigenvalue weighted by molar-refractivity contribution is -0.139. The number of carbonyl (C=O) groups is 2. The van der Waals surface area contributed by atoms with Crippen LogP contribution in [0, 0.1) is 12.7 Å². The van der Waals surface area contributed by atoms with E-state index in [4.69, 9.17) is 0 Å². The van der Waals surface area contributed by atoms with Gasteiger partial charge in [-0.1, -0.05) is 29.8 Å². The Bertz CT molecular complexity index is 829. The van der Waals surface area contributed by atoms with Crippen molar-refractivity contribution in [3.8, 4) is 0 Å². The van der Waals surface area contributed by atoms with Crippen molar-refractivity contribution < 1.29 is 14.0 Å². The van der Waals surface area contributed by atoms with Gasteiger partial charge < -0.3 is 10.2 Å². The lowest BCUT2D eigenvalue weighted by Crippen LogP contribution is -2.52. The minimum atomic E-state index is -0.648. The number of carbonyl (C=O) groups excluding carboxylic acids is 2. The highest BCUT2D eigenvalue weighted by atomic mass is 32.2. The van der Waals surface area contributed by atoms with E-state index in [9.17, 15) is 14.0 Å². The molecule has 0 aliphatic rings. The molecule has 4 nitrogen and oxygen atoms in total. The largest absolute Gasteiger partial charge is 0.350 e. The molecule has 6 heteroatoms. The Balaban J connectivity index is 2.15. The van der Waals surface area contributed by atoms with Crippen LogP contribution in [0.25, 0.3) is 0 Å². The van der Waals surface area contributed by atoms with Crippen LogP contribution in [-0.2, 0) is 16.1 Å². The van der Waals surface area contributed by atoms with Gasteiger partial charge in [0.15, 0.2) is 0 Å². The fourth-order valence-corrected chi connectivity index (χ4v) is 3.49. The molecule has 2 aromatic rings. The summed E-state index contributed by atoms with van der Waals surface area (Å²) in [6.07, 6.45) is 0. The molecule has 0 saturated heterocycles. The summed E-state index contributed by atoms with van der Waals surface area (Å²) in [7, 11) is 0. The molecule has 1 N–H and O–H groups in total. The molecule has 0 heterocycles. The smallest absolute Gasteiger partial charge is 0.242 e. The van der Waals surface area contributed by atoms with E-state index in [2.05, 4.69) is 5.32 Å². The van der Waals surface area contributed by atoms with Gasteiger partial charge in [-0.25, -0.2) is 4.39 Å². The number of amides is 2. The van der Waals surface area contributed by atoms with E-state index < -0.39 is 11.6 Å². The molecular weight excluding hydrogens is 387 g/mol. The summed E-state index contributed by atoms with van der Waals surface area (Å²) in [5, 5.41) is 2.93. The zero-order chi connectivity index (χ0) is 21.6. The maximum atomic E-state index is 13.2. The van der Waals surface area contributed by atoms with Gasteiger partial charge in [-0.05, 0) is 64.4 Å². The monoisotopic (exact) mass is 416 g/mol. The number of hydrogen-bond acceptors (Lipinski definition) is 3. The van der Waals surface area contributed by atoms with E-state index in [0.29, 0.717) is 0 Å². The minimum Gasteiger partial charge on any atom is -0.350 e. The number of halogens is 1. The maximum absolute atomic E-state index is 13.2. The van der Waals surface area contributed by atoms with Gasteiger partial charge in [0, 0.05) is 17.0 Å². The highest BCUT2D eigenvalue weighted by molar-refractivity contribution is 8.00. The fourth-order valence-electron chi connectivity index (χ4n) is 2.71. The van der Waals surface area contributed by atoms with Crippen molar-refractivity contribution in [1.29, 1.82) is 0 Å². The van der Waals surface area contributed by atoms with Gasteiger partial charge in [0.25, 0.3) is 0 Å². The molecule has 29 heavy (non-hydrogen) atoms. The summed E-state index contributed by atoms with van der Waals surface area (Å²) in [4.78, 5) is 28.3. The number of benzene rings is 2. The molecule has 0 saturated carbocycles. The van der Waals surface area contributed by atoms with Crippen LogP contribution in [0.15, 0.2) is 53.4 Å². The van der Waals surface area contributed by atoms with Crippen LogP contribution in [0.2, 0.25) is 0 Å². The SMILES string of the molecule is Cc1ccc(SCC(=O)N(Cc2ccc(F)cc2)[C@@H](C)C(=O)NC(C)(C)C)cc1. The molecular formula is C23H29FN2O2S. The van der Waals surface area contributed by atoms with Crippen molar-refractivity contribution in [2.45, 2.75) is 57.6 Å². The second-order valence-corrected chi connectivity index (χ2v) is 9.21. The standard InChI is InChI=1S/C23H29FN2O2S/c1-16-6-12-20(13-7-16)29-15-21(27)26(14-18-8-10-19(24)11-9-18)17(2)22(28)25-23(3,4)5/h6-13,17H,14-15H2,1-5H3,(H,25,28)/t17-/m0/s1. The Hall–Kier alpha value is -2.34. The number of rotatable bonds is 7. The van der Waals surface area contributed by atoms with Crippen LogP contribution in [0.4, 0.5) is 4.39 Å². The Labute approximate surface area is 176 Å². The first-order chi connectivity index (χ1) is 13.5. The summed E-state index contributed by atoms with van der Waals surface area (Å²) in [5.41, 5.74) is 1.54. The molecule has 0 spiro atoms. The Morgan fingerprint density at radius 3 is 2.21 bits per heavy atom. The first kappa shape index (κ1) is 22.9. The molecule has 156 valence electrons. The lowest BCUT2D eigenvalue weighted by atomic mass is 10.1. The highest BCUT2D eigenvalue weighted by Gasteiger charge is 2.28. The summed E-state index contributed by atoms with van der Waals surface area (Å²) in [5.74, 6) is -0.470. The van der Waals surface area contributed by atoms with E-state index in [-0.39, 0.29) is 29.9 Å². The summed E-state index contributed by atoms with van der Waals surface area (Å²) >= 11 is 1.44. The number of aryl methyl sites for hydroxylation is 1. The normalized spacial score (nSPS) is 12.3. The van der Waals surface area contributed by atoms with Crippen molar-refractivity contribution in [2.75, 3.05) is 5.75 Å². The topological polar surface area (TPSA) is 49.4 Å². The lowest BCUT2D eigenvalue weighted by Gasteiger charge is -2.31. The van der Waals surface area contributed by atoms with Gasteiger partial charge in [-0.15, -0.1) is 11.8 Å². The number of thioether (sulfide) groups is 1. The van der Waals surface area contributed by atoms with Crippen LogP contribution in [-0.4, -0.2) is 34.0 Å². The van der Waals surface area contributed by atoms with Crippen molar-refractivity contribution in [1.82, 2.24) is 10.2 Å². The molecule has 0 aromatic heterocycles. The summed E-state index contributed by atoms with van der Waals surface area (Å²) in [6, 6.07) is 13.3. The fraction of sp³-hybridized carbons (Fsp3) is 0.391. The average Bonchev–Trinajstić information content (AvgIpc) is 2.65. The summed E-state index contributed by atoms with van der Waals surface area (Å²) in [6.45, 7) is 9.68. The van der Waals surface area contributed by atoms with Crippen LogP contribution < -0.4 is 5.32 Å². The third kappa shape index (κ3) is 7.54. The van der Waals surface area contributed by atoms with Gasteiger partial charge in [-0.3, -0.25) is 9.59 Å².